The summed E-state index contributed by atoms with van der Waals surface area (Å²) in [6.45, 7) is 4.03. The van der Waals surface area contributed by atoms with Gasteiger partial charge in [0.1, 0.15) is 0 Å². The number of nitrogens with zero attached hydrogens (tertiary/aromatic N) is 1. The van der Waals surface area contributed by atoms with Crippen LogP contribution in [0.25, 0.3) is 0 Å². The molecule has 0 saturated carbocycles. The molecule has 3 nitrogen and oxygen atoms in total. The summed E-state index contributed by atoms with van der Waals surface area (Å²) >= 11 is 3.71. The molecule has 0 spiro atoms. The number of nitrogens with one attached hydrogen (secondary N) is 1. The van der Waals surface area contributed by atoms with E-state index in [1.807, 2.05) is 60.8 Å². The van der Waals surface area contributed by atoms with Crippen LogP contribution in [0.1, 0.15) is 25.8 Å². The number of rotatable bonds is 4. The van der Waals surface area contributed by atoms with Crippen LogP contribution in [0.5, 0.6) is 0 Å². The van der Waals surface area contributed by atoms with Gasteiger partial charge >= 0.3 is 0 Å². The number of benzene rings is 1. The first kappa shape index (κ1) is 14.5. The Balaban J connectivity index is 1.89. The van der Waals surface area contributed by atoms with E-state index in [-0.39, 0.29) is 9.99 Å². The van der Waals surface area contributed by atoms with Gasteiger partial charge in [-0.2, -0.15) is 5.10 Å². The summed E-state index contributed by atoms with van der Waals surface area (Å²) in [4.78, 5) is 11.9. The van der Waals surface area contributed by atoms with Gasteiger partial charge in [-0.15, -0.1) is 23.5 Å². The third-order valence-electron chi connectivity index (χ3n) is 2.92. The smallest absolute Gasteiger partial charge is 0.242 e. The first-order valence-electron chi connectivity index (χ1n) is 6.25. The van der Waals surface area contributed by atoms with E-state index >= 15 is 0 Å². The predicted molar refractivity (Wildman–Crippen MR) is 84.7 cm³/mol. The zero-order chi connectivity index (χ0) is 13.7. The van der Waals surface area contributed by atoms with Crippen LogP contribution in [0.3, 0.4) is 0 Å². The second-order valence-corrected chi connectivity index (χ2v) is 8.06. The molecule has 1 saturated heterocycles. The summed E-state index contributed by atoms with van der Waals surface area (Å²) in [7, 11) is 0. The minimum atomic E-state index is -0.0142. The zero-order valence-corrected chi connectivity index (χ0v) is 12.8. The SMILES string of the molecule is C/C(=N/NC(=O)CC1(C)SCCS1)c1ccccc1. The van der Waals surface area contributed by atoms with Crippen molar-refractivity contribution in [1.82, 2.24) is 5.43 Å². The van der Waals surface area contributed by atoms with Crippen LogP contribution in [0.4, 0.5) is 0 Å². The van der Waals surface area contributed by atoms with Crippen molar-refractivity contribution in [3.05, 3.63) is 35.9 Å². The lowest BCUT2D eigenvalue weighted by Crippen LogP contribution is -2.26. The van der Waals surface area contributed by atoms with Crippen LogP contribution in [0.15, 0.2) is 35.4 Å². The number of hydrogen-bond donors (Lipinski definition) is 1. The molecule has 1 N–H and O–H groups in total. The van der Waals surface area contributed by atoms with Crippen molar-refractivity contribution in [2.24, 2.45) is 5.10 Å². The zero-order valence-electron chi connectivity index (χ0n) is 11.2. The summed E-state index contributed by atoms with van der Waals surface area (Å²) in [5.41, 5.74) is 4.51. The van der Waals surface area contributed by atoms with E-state index in [1.165, 1.54) is 0 Å². The van der Waals surface area contributed by atoms with Crippen LogP contribution >= 0.6 is 23.5 Å². The fourth-order valence-corrected chi connectivity index (χ4v) is 4.71. The van der Waals surface area contributed by atoms with E-state index < -0.39 is 0 Å². The van der Waals surface area contributed by atoms with Crippen molar-refractivity contribution in [3.8, 4) is 0 Å². The topological polar surface area (TPSA) is 41.5 Å². The summed E-state index contributed by atoms with van der Waals surface area (Å²) < 4.78 is 0.0141. The standard InChI is InChI=1S/C14H18N2OS2/c1-11(12-6-4-3-5-7-12)15-16-13(17)10-14(2)18-8-9-19-14/h3-7H,8-10H2,1-2H3,(H,16,17)/b15-11-. The lowest BCUT2D eigenvalue weighted by atomic mass is 10.1. The van der Waals surface area contributed by atoms with Gasteiger partial charge in [0.2, 0.25) is 5.91 Å². The van der Waals surface area contributed by atoms with Gasteiger partial charge in [-0.3, -0.25) is 4.79 Å². The fraction of sp³-hybridized carbons (Fsp3) is 0.429. The van der Waals surface area contributed by atoms with Crippen LogP contribution in [-0.4, -0.2) is 27.2 Å². The summed E-state index contributed by atoms with van der Waals surface area (Å²) in [6, 6.07) is 9.85. The molecule has 1 aliphatic heterocycles. The Bertz CT molecular complexity index is 468. The molecule has 1 aromatic carbocycles. The van der Waals surface area contributed by atoms with E-state index in [0.29, 0.717) is 6.42 Å². The highest BCUT2D eigenvalue weighted by atomic mass is 32.2. The van der Waals surface area contributed by atoms with E-state index in [2.05, 4.69) is 17.5 Å². The summed E-state index contributed by atoms with van der Waals surface area (Å²) in [6.07, 6.45) is 0.508. The Hall–Kier alpha value is -0.940. The summed E-state index contributed by atoms with van der Waals surface area (Å²) in [5.74, 6) is 2.24. The molecule has 0 aromatic heterocycles. The molecule has 0 atom stereocenters. The molecule has 0 radical (unpaired) electrons. The Labute approximate surface area is 122 Å². The van der Waals surface area contributed by atoms with Gasteiger partial charge in [-0.1, -0.05) is 30.3 Å². The van der Waals surface area contributed by atoms with E-state index in [1.54, 1.807) is 0 Å². The average molecular weight is 294 g/mol. The second-order valence-electron chi connectivity index (χ2n) is 4.61. The van der Waals surface area contributed by atoms with Crippen molar-refractivity contribution in [1.29, 1.82) is 0 Å². The monoisotopic (exact) mass is 294 g/mol. The molecule has 0 aliphatic carbocycles. The largest absolute Gasteiger partial charge is 0.273 e. The van der Waals surface area contributed by atoms with Crippen LogP contribution < -0.4 is 5.43 Å². The van der Waals surface area contributed by atoms with Crippen LogP contribution in [-0.2, 0) is 4.79 Å². The maximum absolute atomic E-state index is 11.9. The third kappa shape index (κ3) is 4.28. The second kappa shape index (κ2) is 6.48. The molecular weight excluding hydrogens is 276 g/mol. The number of amides is 1. The van der Waals surface area contributed by atoms with Gasteiger partial charge in [0.25, 0.3) is 0 Å². The Morgan fingerprint density at radius 3 is 2.58 bits per heavy atom. The number of hydrazone groups is 1. The van der Waals surface area contributed by atoms with Gasteiger partial charge in [0.15, 0.2) is 0 Å². The molecule has 19 heavy (non-hydrogen) atoms. The van der Waals surface area contributed by atoms with E-state index in [4.69, 9.17) is 0 Å². The molecule has 5 heteroatoms. The molecule has 1 aromatic rings. The van der Waals surface area contributed by atoms with Gasteiger partial charge < -0.3 is 0 Å². The maximum atomic E-state index is 11.9. The molecule has 1 amide bonds. The Morgan fingerprint density at radius 1 is 1.32 bits per heavy atom. The molecule has 102 valence electrons. The maximum Gasteiger partial charge on any atom is 0.242 e. The highest BCUT2D eigenvalue weighted by Gasteiger charge is 2.32. The Morgan fingerprint density at radius 2 is 1.95 bits per heavy atom. The fourth-order valence-electron chi connectivity index (χ4n) is 1.88. The van der Waals surface area contributed by atoms with Crippen molar-refractivity contribution in [2.75, 3.05) is 11.5 Å². The van der Waals surface area contributed by atoms with Crippen molar-refractivity contribution < 1.29 is 4.79 Å². The lowest BCUT2D eigenvalue weighted by molar-refractivity contribution is -0.121. The van der Waals surface area contributed by atoms with E-state index in [9.17, 15) is 4.79 Å². The van der Waals surface area contributed by atoms with Gasteiger partial charge in [-0.05, 0) is 19.4 Å². The highest BCUT2D eigenvalue weighted by Crippen LogP contribution is 2.45. The summed E-state index contributed by atoms with van der Waals surface area (Å²) in [5, 5.41) is 4.17. The molecule has 0 unspecified atom stereocenters. The first-order valence-corrected chi connectivity index (χ1v) is 8.23. The minimum Gasteiger partial charge on any atom is -0.273 e. The first-order chi connectivity index (χ1) is 9.09. The quantitative estimate of drug-likeness (QED) is 0.685. The number of carbonyl (C=O) groups excluding carboxylic acids is 1. The van der Waals surface area contributed by atoms with E-state index in [0.717, 1.165) is 22.8 Å². The number of carbonyl (C=O) groups is 1. The number of hydrogen-bond acceptors (Lipinski definition) is 4. The van der Waals surface area contributed by atoms with Crippen molar-refractivity contribution in [3.63, 3.8) is 0 Å². The molecule has 1 fully saturated rings. The van der Waals surface area contributed by atoms with Crippen molar-refractivity contribution in [2.45, 2.75) is 24.3 Å². The predicted octanol–water partition coefficient (Wildman–Crippen LogP) is 3.11. The highest BCUT2D eigenvalue weighted by molar-refractivity contribution is 8.21. The number of thioether (sulfide) groups is 2. The molecule has 1 heterocycles. The molecular formula is C14H18N2OS2. The van der Waals surface area contributed by atoms with Gasteiger partial charge in [0.05, 0.1) is 16.2 Å². The molecule has 0 bridgehead atoms. The van der Waals surface area contributed by atoms with Crippen LogP contribution in [0, 0.1) is 0 Å². The van der Waals surface area contributed by atoms with Crippen molar-refractivity contribution >= 4 is 35.1 Å². The van der Waals surface area contributed by atoms with Crippen LogP contribution in [0.2, 0.25) is 0 Å². The average Bonchev–Trinajstić information content (AvgIpc) is 2.83. The minimum absolute atomic E-state index is 0.0141. The third-order valence-corrected chi connectivity index (χ3v) is 6.21. The molecule has 2 rings (SSSR count). The van der Waals surface area contributed by atoms with Gasteiger partial charge in [-0.25, -0.2) is 5.43 Å². The van der Waals surface area contributed by atoms with Gasteiger partial charge in [0, 0.05) is 11.5 Å². The Kier molecular flexibility index (Phi) is 4.93. The lowest BCUT2D eigenvalue weighted by Gasteiger charge is -2.19. The molecule has 1 aliphatic rings. The normalized spacial score (nSPS) is 18.3.